The maximum Gasteiger partial charge on any atom is 0.109 e. The van der Waals surface area contributed by atoms with Crippen LogP contribution in [0.1, 0.15) is 51.7 Å². The maximum atomic E-state index is 5.68. The van der Waals surface area contributed by atoms with Crippen LogP contribution in [0.4, 0.5) is 0 Å². The van der Waals surface area contributed by atoms with Crippen LogP contribution in [0, 0.1) is 0 Å². The highest BCUT2D eigenvalue weighted by atomic mass is 16.3. The van der Waals surface area contributed by atoms with Crippen molar-refractivity contribution in [1.82, 2.24) is 0 Å². The molecule has 18 heavy (non-hydrogen) atoms. The fourth-order valence-corrected chi connectivity index (χ4v) is 2.05. The van der Waals surface area contributed by atoms with Crippen molar-refractivity contribution in [2.24, 2.45) is 0 Å². The van der Waals surface area contributed by atoms with Crippen LogP contribution in [0.2, 0.25) is 0 Å². The van der Waals surface area contributed by atoms with Gasteiger partial charge in [0.15, 0.2) is 0 Å². The molecule has 0 atom stereocenters. The van der Waals surface area contributed by atoms with Gasteiger partial charge in [-0.1, -0.05) is 34.6 Å². The summed E-state index contributed by atoms with van der Waals surface area (Å²) in [5, 5.41) is 0. The first-order chi connectivity index (χ1) is 8.29. The Morgan fingerprint density at radius 3 is 2.28 bits per heavy atom. The molecule has 2 heteroatoms. The summed E-state index contributed by atoms with van der Waals surface area (Å²) < 4.78 is 11.2. The third kappa shape index (κ3) is 2.69. The molecular weight excluding hydrogens is 224 g/mol. The van der Waals surface area contributed by atoms with E-state index in [0.717, 1.165) is 17.9 Å². The van der Waals surface area contributed by atoms with E-state index in [9.17, 15) is 0 Å². The summed E-state index contributed by atoms with van der Waals surface area (Å²) in [7, 11) is 0. The van der Waals surface area contributed by atoms with Crippen molar-refractivity contribution < 1.29 is 8.83 Å². The Morgan fingerprint density at radius 1 is 1.06 bits per heavy atom. The Hall–Kier alpha value is -1.44. The standard InChI is InChI=1S/C16H22O2/c1-15(2,3)12-9-13(18-11-12)10-16(4,5)14-7-6-8-17-14/h6-9,11H,10H2,1-5H3. The summed E-state index contributed by atoms with van der Waals surface area (Å²) in [6.45, 7) is 10.9. The first kappa shape index (κ1) is 13.0. The average Bonchev–Trinajstić information content (AvgIpc) is 2.83. The van der Waals surface area contributed by atoms with Crippen molar-refractivity contribution >= 4 is 0 Å². The maximum absolute atomic E-state index is 5.68. The molecule has 0 aliphatic carbocycles. The van der Waals surface area contributed by atoms with E-state index in [-0.39, 0.29) is 10.8 Å². The second-order valence-electron chi connectivity index (χ2n) is 6.59. The molecule has 0 saturated carbocycles. The predicted molar refractivity (Wildman–Crippen MR) is 72.8 cm³/mol. The highest BCUT2D eigenvalue weighted by Gasteiger charge is 2.26. The molecule has 98 valence electrons. The van der Waals surface area contributed by atoms with Gasteiger partial charge in [-0.2, -0.15) is 0 Å². The van der Waals surface area contributed by atoms with Crippen molar-refractivity contribution in [2.45, 2.75) is 51.9 Å². The molecule has 0 spiro atoms. The molecule has 0 saturated heterocycles. The van der Waals surface area contributed by atoms with Crippen LogP contribution in [-0.4, -0.2) is 0 Å². The molecule has 2 aromatic rings. The van der Waals surface area contributed by atoms with Crippen molar-refractivity contribution in [3.05, 3.63) is 47.8 Å². The van der Waals surface area contributed by atoms with E-state index in [1.807, 2.05) is 18.4 Å². The molecule has 0 radical (unpaired) electrons. The second-order valence-corrected chi connectivity index (χ2v) is 6.59. The molecule has 0 amide bonds. The van der Waals surface area contributed by atoms with Gasteiger partial charge in [0.05, 0.1) is 12.5 Å². The van der Waals surface area contributed by atoms with Gasteiger partial charge in [-0.25, -0.2) is 0 Å². The third-order valence-electron chi connectivity index (χ3n) is 3.32. The van der Waals surface area contributed by atoms with Crippen LogP contribution in [0.25, 0.3) is 0 Å². The summed E-state index contributed by atoms with van der Waals surface area (Å²) in [5.74, 6) is 2.01. The van der Waals surface area contributed by atoms with E-state index >= 15 is 0 Å². The van der Waals surface area contributed by atoms with Gasteiger partial charge in [0.25, 0.3) is 0 Å². The molecule has 0 aromatic carbocycles. The second kappa shape index (κ2) is 4.34. The van der Waals surface area contributed by atoms with E-state index in [2.05, 4.69) is 40.7 Å². The Labute approximate surface area is 109 Å². The molecular formula is C16H22O2. The molecule has 2 rings (SSSR count). The molecule has 0 fully saturated rings. The molecule has 0 N–H and O–H groups in total. The largest absolute Gasteiger partial charge is 0.469 e. The van der Waals surface area contributed by atoms with Gasteiger partial charge >= 0.3 is 0 Å². The Bertz CT molecular complexity index is 495. The van der Waals surface area contributed by atoms with E-state index in [0.29, 0.717) is 0 Å². The minimum Gasteiger partial charge on any atom is -0.469 e. The van der Waals surface area contributed by atoms with Crippen molar-refractivity contribution in [3.63, 3.8) is 0 Å². The summed E-state index contributed by atoms with van der Waals surface area (Å²) in [5.41, 5.74) is 1.33. The number of furan rings is 2. The van der Waals surface area contributed by atoms with E-state index in [4.69, 9.17) is 8.83 Å². The lowest BCUT2D eigenvalue weighted by molar-refractivity contribution is 0.356. The van der Waals surface area contributed by atoms with Gasteiger partial charge in [0.2, 0.25) is 0 Å². The Balaban J connectivity index is 2.17. The van der Waals surface area contributed by atoms with Gasteiger partial charge in [-0.05, 0) is 29.2 Å². The van der Waals surface area contributed by atoms with Crippen LogP contribution in [0.3, 0.4) is 0 Å². The van der Waals surface area contributed by atoms with Gasteiger partial charge < -0.3 is 8.83 Å². The molecule has 2 heterocycles. The van der Waals surface area contributed by atoms with Crippen LogP contribution in [0.15, 0.2) is 39.6 Å². The monoisotopic (exact) mass is 246 g/mol. The highest BCUT2D eigenvalue weighted by Crippen LogP contribution is 2.31. The first-order valence-electron chi connectivity index (χ1n) is 6.41. The summed E-state index contributed by atoms with van der Waals surface area (Å²) in [6.07, 6.45) is 4.43. The molecule has 0 bridgehead atoms. The Kier molecular flexibility index (Phi) is 3.14. The molecule has 0 aliphatic rings. The molecule has 2 aromatic heterocycles. The SMILES string of the molecule is CC(C)(C)c1coc(CC(C)(C)c2ccco2)c1. The minimum absolute atomic E-state index is 0.0451. The predicted octanol–water partition coefficient (Wildman–Crippen LogP) is 4.69. The number of rotatable bonds is 3. The molecule has 0 unspecified atom stereocenters. The lowest BCUT2D eigenvalue weighted by Gasteiger charge is -2.20. The minimum atomic E-state index is -0.0451. The average molecular weight is 246 g/mol. The van der Waals surface area contributed by atoms with Gasteiger partial charge in [0, 0.05) is 11.8 Å². The summed E-state index contributed by atoms with van der Waals surface area (Å²) in [6, 6.07) is 6.11. The number of hydrogen-bond acceptors (Lipinski definition) is 2. The first-order valence-corrected chi connectivity index (χ1v) is 6.41. The van der Waals surface area contributed by atoms with E-state index in [1.165, 1.54) is 5.56 Å². The van der Waals surface area contributed by atoms with E-state index < -0.39 is 0 Å². The molecule has 2 nitrogen and oxygen atoms in total. The zero-order valence-corrected chi connectivity index (χ0v) is 11.9. The van der Waals surface area contributed by atoms with Crippen LogP contribution in [-0.2, 0) is 17.3 Å². The fourth-order valence-electron chi connectivity index (χ4n) is 2.05. The van der Waals surface area contributed by atoms with Gasteiger partial charge in [0.1, 0.15) is 11.5 Å². The quantitative estimate of drug-likeness (QED) is 0.785. The van der Waals surface area contributed by atoms with Crippen molar-refractivity contribution in [1.29, 1.82) is 0 Å². The fraction of sp³-hybridized carbons (Fsp3) is 0.500. The van der Waals surface area contributed by atoms with Crippen molar-refractivity contribution in [2.75, 3.05) is 0 Å². The summed E-state index contributed by atoms with van der Waals surface area (Å²) >= 11 is 0. The molecule has 0 aliphatic heterocycles. The topological polar surface area (TPSA) is 26.3 Å². The van der Waals surface area contributed by atoms with Gasteiger partial charge in [-0.3, -0.25) is 0 Å². The normalized spacial score (nSPS) is 12.9. The highest BCUT2D eigenvalue weighted by molar-refractivity contribution is 5.23. The van der Waals surface area contributed by atoms with E-state index in [1.54, 1.807) is 6.26 Å². The smallest absolute Gasteiger partial charge is 0.109 e. The van der Waals surface area contributed by atoms with Crippen LogP contribution in [0.5, 0.6) is 0 Å². The third-order valence-corrected chi connectivity index (χ3v) is 3.32. The van der Waals surface area contributed by atoms with Crippen LogP contribution < -0.4 is 0 Å². The Morgan fingerprint density at radius 2 is 1.78 bits per heavy atom. The van der Waals surface area contributed by atoms with Crippen LogP contribution >= 0.6 is 0 Å². The van der Waals surface area contributed by atoms with Crippen molar-refractivity contribution in [3.8, 4) is 0 Å². The van der Waals surface area contributed by atoms with Gasteiger partial charge in [-0.15, -0.1) is 0 Å². The lowest BCUT2D eigenvalue weighted by Crippen LogP contribution is -2.19. The summed E-state index contributed by atoms with van der Waals surface area (Å²) in [4.78, 5) is 0. The lowest BCUT2D eigenvalue weighted by atomic mass is 9.84. The zero-order chi connectivity index (χ0) is 13.4. The zero-order valence-electron chi connectivity index (χ0n) is 11.9. The number of hydrogen-bond donors (Lipinski definition) is 0.